The highest BCUT2D eigenvalue weighted by atomic mass is 16.3. The topological polar surface area (TPSA) is 39.2 Å². The molecule has 1 atom stereocenters. The molecule has 104 valence electrons. The Balaban J connectivity index is 1.67. The predicted octanol–water partition coefficient (Wildman–Crippen LogP) is 4.44. The molecule has 1 aromatic heterocycles. The van der Waals surface area contributed by atoms with Crippen molar-refractivity contribution in [1.82, 2.24) is 0 Å². The minimum atomic E-state index is 0.516. The number of allylic oxidation sites excluding steroid dienone is 1. The molecule has 0 radical (unpaired) electrons. The van der Waals surface area contributed by atoms with Crippen LogP contribution in [0.3, 0.4) is 0 Å². The number of rotatable bonds is 2. The fourth-order valence-electron chi connectivity index (χ4n) is 3.14. The molecule has 0 fully saturated rings. The van der Waals surface area contributed by atoms with Crippen LogP contribution in [-0.2, 0) is 12.8 Å². The van der Waals surface area contributed by atoms with E-state index in [1.807, 2.05) is 18.2 Å². The molecule has 0 spiro atoms. The predicted molar refractivity (Wildman–Crippen MR) is 87.0 cm³/mol. The van der Waals surface area contributed by atoms with Gasteiger partial charge in [0.05, 0.1) is 0 Å². The SMILES string of the molecule is Nc1ccc2oc3c(c2c1)CC(Cc1ccccc1)C=C3. The Morgan fingerprint density at radius 3 is 2.81 bits per heavy atom. The monoisotopic (exact) mass is 275 g/mol. The number of hydrogen-bond donors (Lipinski definition) is 1. The standard InChI is InChI=1S/C19H17NO/c20-15-7-9-19-17(12-15)16-11-14(6-8-18(16)21-19)10-13-4-2-1-3-5-13/h1-9,12,14H,10-11,20H2. The summed E-state index contributed by atoms with van der Waals surface area (Å²) in [5.41, 5.74) is 10.3. The first-order chi connectivity index (χ1) is 10.3. The molecular formula is C19H17NO. The second kappa shape index (κ2) is 4.81. The second-order valence-electron chi connectivity index (χ2n) is 5.71. The van der Waals surface area contributed by atoms with Crippen molar-refractivity contribution >= 4 is 22.7 Å². The maximum absolute atomic E-state index is 5.91. The van der Waals surface area contributed by atoms with Crippen LogP contribution in [0.5, 0.6) is 0 Å². The first-order valence-electron chi connectivity index (χ1n) is 7.32. The van der Waals surface area contributed by atoms with E-state index < -0.39 is 0 Å². The molecule has 2 aromatic carbocycles. The van der Waals surface area contributed by atoms with Crippen molar-refractivity contribution < 1.29 is 4.42 Å². The van der Waals surface area contributed by atoms with Crippen LogP contribution in [0.1, 0.15) is 16.9 Å². The largest absolute Gasteiger partial charge is 0.456 e. The van der Waals surface area contributed by atoms with E-state index in [2.05, 4.69) is 42.5 Å². The van der Waals surface area contributed by atoms with E-state index in [-0.39, 0.29) is 0 Å². The molecule has 0 aliphatic heterocycles. The van der Waals surface area contributed by atoms with Crippen LogP contribution in [0, 0.1) is 5.92 Å². The molecule has 2 nitrogen and oxygen atoms in total. The third-order valence-electron chi connectivity index (χ3n) is 4.17. The van der Waals surface area contributed by atoms with Crippen LogP contribution in [0.15, 0.2) is 59.0 Å². The molecule has 0 saturated heterocycles. The van der Waals surface area contributed by atoms with Crippen LogP contribution >= 0.6 is 0 Å². The van der Waals surface area contributed by atoms with Gasteiger partial charge in [-0.3, -0.25) is 0 Å². The third-order valence-corrected chi connectivity index (χ3v) is 4.17. The molecular weight excluding hydrogens is 258 g/mol. The summed E-state index contributed by atoms with van der Waals surface area (Å²) in [6, 6.07) is 16.5. The Morgan fingerprint density at radius 2 is 1.95 bits per heavy atom. The van der Waals surface area contributed by atoms with Gasteiger partial charge in [-0.2, -0.15) is 0 Å². The van der Waals surface area contributed by atoms with Gasteiger partial charge in [0, 0.05) is 16.6 Å². The van der Waals surface area contributed by atoms with E-state index in [9.17, 15) is 0 Å². The molecule has 2 heteroatoms. The van der Waals surface area contributed by atoms with Gasteiger partial charge in [0.25, 0.3) is 0 Å². The fraction of sp³-hybridized carbons (Fsp3) is 0.158. The molecule has 0 saturated carbocycles. The van der Waals surface area contributed by atoms with E-state index >= 15 is 0 Å². The zero-order chi connectivity index (χ0) is 14.2. The fourth-order valence-corrected chi connectivity index (χ4v) is 3.14. The summed E-state index contributed by atoms with van der Waals surface area (Å²) in [7, 11) is 0. The van der Waals surface area contributed by atoms with Crippen LogP contribution < -0.4 is 5.73 Å². The van der Waals surface area contributed by atoms with Crippen LogP contribution in [0.4, 0.5) is 5.69 Å². The van der Waals surface area contributed by atoms with Gasteiger partial charge in [-0.05, 0) is 48.6 Å². The van der Waals surface area contributed by atoms with Crippen LogP contribution in [0.2, 0.25) is 0 Å². The molecule has 0 bridgehead atoms. The van der Waals surface area contributed by atoms with Gasteiger partial charge in [0.2, 0.25) is 0 Å². The lowest BCUT2D eigenvalue weighted by Gasteiger charge is -2.16. The summed E-state index contributed by atoms with van der Waals surface area (Å²) in [5.74, 6) is 1.50. The van der Waals surface area contributed by atoms with Gasteiger partial charge in [-0.1, -0.05) is 36.4 Å². The highest BCUT2D eigenvalue weighted by Crippen LogP contribution is 2.34. The average molecular weight is 275 g/mol. The summed E-state index contributed by atoms with van der Waals surface area (Å²) in [6.45, 7) is 0. The maximum Gasteiger partial charge on any atom is 0.135 e. The van der Waals surface area contributed by atoms with E-state index in [0.29, 0.717) is 5.92 Å². The molecule has 3 aromatic rings. The van der Waals surface area contributed by atoms with Crippen LogP contribution in [-0.4, -0.2) is 0 Å². The number of fused-ring (bicyclic) bond motifs is 3. The highest BCUT2D eigenvalue weighted by Gasteiger charge is 2.20. The van der Waals surface area contributed by atoms with Crippen molar-refractivity contribution in [2.45, 2.75) is 12.8 Å². The Kier molecular flexibility index (Phi) is 2.81. The number of nitrogen functional groups attached to an aromatic ring is 1. The summed E-state index contributed by atoms with van der Waals surface area (Å²) < 4.78 is 5.90. The normalized spacial score (nSPS) is 17.0. The van der Waals surface area contributed by atoms with Gasteiger partial charge in [0.15, 0.2) is 0 Å². The third kappa shape index (κ3) is 2.23. The van der Waals surface area contributed by atoms with Gasteiger partial charge >= 0.3 is 0 Å². The van der Waals surface area contributed by atoms with E-state index in [1.54, 1.807) is 0 Å². The number of benzene rings is 2. The molecule has 1 heterocycles. The van der Waals surface area contributed by atoms with Crippen molar-refractivity contribution in [3.8, 4) is 0 Å². The van der Waals surface area contributed by atoms with Gasteiger partial charge < -0.3 is 10.2 Å². The first kappa shape index (κ1) is 12.3. The molecule has 4 rings (SSSR count). The molecule has 1 unspecified atom stereocenters. The lowest BCUT2D eigenvalue weighted by Crippen LogP contribution is -2.09. The zero-order valence-electron chi connectivity index (χ0n) is 11.8. The van der Waals surface area contributed by atoms with Gasteiger partial charge in [0.1, 0.15) is 11.3 Å². The number of nitrogens with two attached hydrogens (primary N) is 1. The molecule has 1 aliphatic rings. The first-order valence-corrected chi connectivity index (χ1v) is 7.32. The van der Waals surface area contributed by atoms with E-state index in [0.717, 1.165) is 35.3 Å². The van der Waals surface area contributed by atoms with Crippen molar-refractivity contribution in [3.63, 3.8) is 0 Å². The number of hydrogen-bond acceptors (Lipinski definition) is 2. The van der Waals surface area contributed by atoms with Crippen LogP contribution in [0.25, 0.3) is 17.0 Å². The molecule has 21 heavy (non-hydrogen) atoms. The number of anilines is 1. The van der Waals surface area contributed by atoms with Gasteiger partial charge in [-0.15, -0.1) is 0 Å². The minimum absolute atomic E-state index is 0.516. The molecule has 1 aliphatic carbocycles. The Labute approximate surface area is 123 Å². The molecule has 2 N–H and O–H groups in total. The van der Waals surface area contributed by atoms with Crippen molar-refractivity contribution in [1.29, 1.82) is 0 Å². The summed E-state index contributed by atoms with van der Waals surface area (Å²) in [5, 5.41) is 1.16. The van der Waals surface area contributed by atoms with Crippen molar-refractivity contribution in [3.05, 3.63) is 71.5 Å². The average Bonchev–Trinajstić information content (AvgIpc) is 2.86. The van der Waals surface area contributed by atoms with Crippen molar-refractivity contribution in [2.75, 3.05) is 5.73 Å². The van der Waals surface area contributed by atoms with Gasteiger partial charge in [-0.25, -0.2) is 0 Å². The Hall–Kier alpha value is -2.48. The highest BCUT2D eigenvalue weighted by molar-refractivity contribution is 5.87. The lowest BCUT2D eigenvalue weighted by molar-refractivity contribution is 0.572. The quantitative estimate of drug-likeness (QED) is 0.702. The summed E-state index contributed by atoms with van der Waals surface area (Å²) in [4.78, 5) is 0. The summed E-state index contributed by atoms with van der Waals surface area (Å²) in [6.07, 6.45) is 6.45. The Morgan fingerprint density at radius 1 is 1.10 bits per heavy atom. The molecule has 0 amide bonds. The lowest BCUT2D eigenvalue weighted by atomic mass is 9.87. The summed E-state index contributed by atoms with van der Waals surface area (Å²) >= 11 is 0. The second-order valence-corrected chi connectivity index (χ2v) is 5.71. The smallest absolute Gasteiger partial charge is 0.135 e. The zero-order valence-corrected chi connectivity index (χ0v) is 11.8. The van der Waals surface area contributed by atoms with Crippen molar-refractivity contribution in [2.24, 2.45) is 5.92 Å². The minimum Gasteiger partial charge on any atom is -0.456 e. The Bertz CT molecular complexity index is 814. The van der Waals surface area contributed by atoms with E-state index in [4.69, 9.17) is 10.2 Å². The number of furan rings is 1. The van der Waals surface area contributed by atoms with E-state index in [1.165, 1.54) is 11.1 Å². The maximum atomic E-state index is 5.91.